The Labute approximate surface area is 261 Å². The first-order chi connectivity index (χ1) is 20.1. The van der Waals surface area contributed by atoms with E-state index in [1.165, 1.54) is 0 Å². The smallest absolute Gasteiger partial charge is 0.146 e. The minimum atomic E-state index is -0.613. The van der Waals surface area contributed by atoms with E-state index in [9.17, 15) is 5.11 Å². The summed E-state index contributed by atoms with van der Waals surface area (Å²) in [6, 6.07) is 16.0. The lowest BCUT2D eigenvalue weighted by Gasteiger charge is -2.34. The molecule has 0 saturated carbocycles. The summed E-state index contributed by atoms with van der Waals surface area (Å²) >= 11 is 3.56. The maximum atomic E-state index is 11.4. The van der Waals surface area contributed by atoms with E-state index in [0.717, 1.165) is 33.3 Å². The van der Waals surface area contributed by atoms with Crippen molar-refractivity contribution in [2.75, 3.05) is 47.9 Å². The Morgan fingerprint density at radius 3 is 2.36 bits per heavy atom. The van der Waals surface area contributed by atoms with Crippen molar-refractivity contribution in [3.8, 4) is 5.75 Å². The van der Waals surface area contributed by atoms with Crippen molar-refractivity contribution in [1.82, 2.24) is 0 Å². The van der Waals surface area contributed by atoms with Crippen LogP contribution < -0.4 is 4.74 Å². The molecule has 0 unspecified atom stereocenters. The molecule has 0 radical (unpaired) electrons. The van der Waals surface area contributed by atoms with Gasteiger partial charge in [0.1, 0.15) is 12.5 Å². The normalized spacial score (nSPS) is 15.3. The Balaban J connectivity index is 2.16. The van der Waals surface area contributed by atoms with E-state index >= 15 is 0 Å². The maximum Gasteiger partial charge on any atom is 0.146 e. The van der Waals surface area contributed by atoms with Crippen molar-refractivity contribution < 1.29 is 33.5 Å². The van der Waals surface area contributed by atoms with E-state index in [4.69, 9.17) is 28.4 Å². The van der Waals surface area contributed by atoms with Gasteiger partial charge in [-0.2, -0.15) is 0 Å². The standard InChI is InChI=1S/C34H51BrO7/c1-8-26(22-41-24-40-17-16-37-5)18-25(2)32(42-23-27-12-14-30(38-6)15-13-27)20-31(39-7)21-33(36)34(3,4)28-10-9-11-29(35)19-28/h9-15,18-19,26,31-33,36H,8,16-17,20-24H2,1-7H3/b25-18-/t26-,31-,32+,33+/m1/s1. The van der Waals surface area contributed by atoms with Crippen molar-refractivity contribution in [2.24, 2.45) is 5.92 Å². The highest BCUT2D eigenvalue weighted by atomic mass is 79.9. The number of rotatable bonds is 21. The Bertz CT molecular complexity index is 1040. The monoisotopic (exact) mass is 650 g/mol. The molecule has 2 aromatic carbocycles. The maximum absolute atomic E-state index is 11.4. The lowest BCUT2D eigenvalue weighted by Crippen LogP contribution is -2.38. The van der Waals surface area contributed by atoms with Crippen LogP contribution in [0.5, 0.6) is 5.75 Å². The lowest BCUT2D eigenvalue weighted by atomic mass is 9.77. The van der Waals surface area contributed by atoms with Crippen molar-refractivity contribution in [2.45, 2.75) is 77.3 Å². The van der Waals surface area contributed by atoms with Gasteiger partial charge in [0.25, 0.3) is 0 Å². The van der Waals surface area contributed by atoms with Gasteiger partial charge in [-0.1, -0.05) is 67.0 Å². The molecule has 8 heteroatoms. The molecular weight excluding hydrogens is 600 g/mol. The molecule has 0 aliphatic rings. The van der Waals surface area contributed by atoms with Crippen molar-refractivity contribution in [3.05, 3.63) is 75.8 Å². The first-order valence-electron chi connectivity index (χ1n) is 14.7. The topological polar surface area (TPSA) is 75.6 Å². The SMILES string of the molecule is CC[C@H](/C=C(/C)[C@H](C[C@H](C[C@H](O)C(C)(C)c1cccc(Br)c1)OC)OCc1ccc(OC)cc1)COCOCCOC. The van der Waals surface area contributed by atoms with Gasteiger partial charge in [-0.25, -0.2) is 0 Å². The van der Waals surface area contributed by atoms with E-state index in [1.54, 1.807) is 21.3 Å². The summed E-state index contributed by atoms with van der Waals surface area (Å²) < 4.78 is 35.0. The molecule has 2 aromatic rings. The van der Waals surface area contributed by atoms with E-state index in [1.807, 2.05) is 36.4 Å². The average Bonchev–Trinajstić information content (AvgIpc) is 2.99. The number of aliphatic hydroxyl groups excluding tert-OH is 1. The molecule has 0 aliphatic heterocycles. The predicted octanol–water partition coefficient (Wildman–Crippen LogP) is 7.09. The van der Waals surface area contributed by atoms with Crippen LogP contribution in [0.4, 0.5) is 0 Å². The van der Waals surface area contributed by atoms with Gasteiger partial charge >= 0.3 is 0 Å². The molecule has 236 valence electrons. The zero-order chi connectivity index (χ0) is 31.0. The summed E-state index contributed by atoms with van der Waals surface area (Å²) in [4.78, 5) is 0. The Morgan fingerprint density at radius 2 is 1.74 bits per heavy atom. The van der Waals surface area contributed by atoms with Crippen LogP contribution >= 0.6 is 15.9 Å². The number of aliphatic hydroxyl groups is 1. The number of methoxy groups -OCH3 is 3. The van der Waals surface area contributed by atoms with Crippen molar-refractivity contribution in [1.29, 1.82) is 0 Å². The summed E-state index contributed by atoms with van der Waals surface area (Å²) in [5, 5.41) is 11.4. The van der Waals surface area contributed by atoms with Crippen molar-refractivity contribution in [3.63, 3.8) is 0 Å². The minimum Gasteiger partial charge on any atom is -0.497 e. The minimum absolute atomic E-state index is 0.203. The number of hydrogen-bond donors (Lipinski definition) is 1. The Hall–Kier alpha value is -1.78. The summed E-state index contributed by atoms with van der Waals surface area (Å²) in [6.07, 6.45) is 3.23. The highest BCUT2D eigenvalue weighted by Crippen LogP contribution is 2.33. The van der Waals surface area contributed by atoms with Crippen LogP contribution in [0.15, 0.2) is 64.7 Å². The third-order valence-electron chi connectivity index (χ3n) is 7.77. The van der Waals surface area contributed by atoms with Gasteiger partial charge in [0, 0.05) is 42.9 Å². The van der Waals surface area contributed by atoms with Gasteiger partial charge in [0.05, 0.1) is 51.8 Å². The van der Waals surface area contributed by atoms with E-state index in [2.05, 4.69) is 61.8 Å². The van der Waals surface area contributed by atoms with Crippen LogP contribution in [0.2, 0.25) is 0 Å². The molecule has 0 bridgehead atoms. The summed E-state index contributed by atoms with van der Waals surface area (Å²) in [6.45, 7) is 10.7. The van der Waals surface area contributed by atoms with Gasteiger partial charge in [-0.15, -0.1) is 0 Å². The van der Waals surface area contributed by atoms with Gasteiger partial charge in [0.15, 0.2) is 0 Å². The molecule has 4 atom stereocenters. The van der Waals surface area contributed by atoms with Gasteiger partial charge < -0.3 is 33.5 Å². The zero-order valence-corrected chi connectivity index (χ0v) is 28.0. The molecule has 0 aromatic heterocycles. The third kappa shape index (κ3) is 12.4. The fourth-order valence-electron chi connectivity index (χ4n) is 4.68. The predicted molar refractivity (Wildman–Crippen MR) is 171 cm³/mol. The lowest BCUT2D eigenvalue weighted by molar-refractivity contribution is -0.0719. The Morgan fingerprint density at radius 1 is 1.00 bits per heavy atom. The molecule has 0 amide bonds. The number of hydrogen-bond acceptors (Lipinski definition) is 7. The molecule has 0 heterocycles. The molecule has 1 N–H and O–H groups in total. The van der Waals surface area contributed by atoms with Crippen LogP contribution in [0.3, 0.4) is 0 Å². The van der Waals surface area contributed by atoms with Crippen LogP contribution in [-0.2, 0) is 35.7 Å². The zero-order valence-electron chi connectivity index (χ0n) is 26.4. The number of ether oxygens (including phenoxy) is 6. The van der Waals surface area contributed by atoms with Gasteiger partial charge in [-0.3, -0.25) is 0 Å². The van der Waals surface area contributed by atoms with Crippen molar-refractivity contribution >= 4 is 15.9 Å². The van der Waals surface area contributed by atoms with Crippen LogP contribution in [0, 0.1) is 5.92 Å². The quantitative estimate of drug-likeness (QED) is 0.0878. The summed E-state index contributed by atoms with van der Waals surface area (Å²) in [5.41, 5.74) is 2.78. The summed E-state index contributed by atoms with van der Waals surface area (Å²) in [5.74, 6) is 1.02. The molecular formula is C34H51BrO7. The second-order valence-corrected chi connectivity index (χ2v) is 12.1. The van der Waals surface area contributed by atoms with Gasteiger partial charge in [-0.05, 0) is 54.3 Å². The van der Waals surface area contributed by atoms with Crippen LogP contribution in [0.1, 0.15) is 58.1 Å². The highest BCUT2D eigenvalue weighted by Gasteiger charge is 2.33. The molecule has 42 heavy (non-hydrogen) atoms. The second kappa shape index (κ2) is 19.5. The van der Waals surface area contributed by atoms with Crippen LogP contribution in [-0.4, -0.2) is 71.4 Å². The molecule has 2 rings (SSSR count). The average molecular weight is 652 g/mol. The first-order valence-corrected chi connectivity index (χ1v) is 15.5. The molecule has 0 aliphatic carbocycles. The fraction of sp³-hybridized carbons (Fsp3) is 0.588. The second-order valence-electron chi connectivity index (χ2n) is 11.2. The molecule has 0 spiro atoms. The third-order valence-corrected chi connectivity index (χ3v) is 8.26. The van der Waals surface area contributed by atoms with E-state index in [0.29, 0.717) is 39.3 Å². The largest absolute Gasteiger partial charge is 0.497 e. The van der Waals surface area contributed by atoms with Gasteiger partial charge in [0.2, 0.25) is 0 Å². The Kier molecular flexibility index (Phi) is 16.9. The number of halogens is 1. The molecule has 7 nitrogen and oxygen atoms in total. The molecule has 0 fully saturated rings. The number of benzene rings is 2. The first kappa shape index (κ1) is 36.4. The fourth-order valence-corrected chi connectivity index (χ4v) is 5.08. The van der Waals surface area contributed by atoms with Crippen LogP contribution in [0.25, 0.3) is 0 Å². The highest BCUT2D eigenvalue weighted by molar-refractivity contribution is 9.10. The molecule has 0 saturated heterocycles. The van der Waals surface area contributed by atoms with E-state index in [-0.39, 0.29) is 24.9 Å². The van der Waals surface area contributed by atoms with E-state index < -0.39 is 11.5 Å². The summed E-state index contributed by atoms with van der Waals surface area (Å²) in [7, 11) is 5.01.